The van der Waals surface area contributed by atoms with Gasteiger partial charge in [-0.3, -0.25) is 14.7 Å². The zero-order valence-electron chi connectivity index (χ0n) is 11.3. The predicted molar refractivity (Wildman–Crippen MR) is 74.4 cm³/mol. The van der Waals surface area contributed by atoms with Gasteiger partial charge in [0.05, 0.1) is 0 Å². The molecule has 3 rings (SSSR count). The Morgan fingerprint density at radius 3 is 3.00 bits per heavy atom. The maximum Gasteiger partial charge on any atom is 0.276 e. The summed E-state index contributed by atoms with van der Waals surface area (Å²) in [6, 6.07) is 5.56. The lowest BCUT2D eigenvalue weighted by molar-refractivity contribution is -0.121. The molecule has 2 aliphatic heterocycles. The van der Waals surface area contributed by atoms with Crippen molar-refractivity contribution in [2.75, 3.05) is 20.4 Å². The van der Waals surface area contributed by atoms with Gasteiger partial charge in [0.1, 0.15) is 5.70 Å². The zero-order chi connectivity index (χ0) is 14.1. The molecule has 0 radical (unpaired) electrons. The Hall–Kier alpha value is -2.50. The number of hydrogen-bond acceptors (Lipinski definition) is 4. The highest BCUT2D eigenvalue weighted by Crippen LogP contribution is 2.33. The molecule has 2 heterocycles. The number of aliphatic imine (C=N–C) groups is 1. The van der Waals surface area contributed by atoms with Crippen molar-refractivity contribution in [2.24, 2.45) is 4.99 Å². The molecule has 1 aromatic rings. The van der Waals surface area contributed by atoms with E-state index < -0.39 is 0 Å². The summed E-state index contributed by atoms with van der Waals surface area (Å²) in [5.41, 5.74) is 1.37. The summed E-state index contributed by atoms with van der Waals surface area (Å²) in [5.74, 6) is 1.89. The molecule has 104 valence electrons. The van der Waals surface area contributed by atoms with Crippen LogP contribution in [0.4, 0.5) is 0 Å². The van der Waals surface area contributed by atoms with Gasteiger partial charge >= 0.3 is 0 Å². The van der Waals surface area contributed by atoms with Crippen molar-refractivity contribution in [1.29, 1.82) is 0 Å². The van der Waals surface area contributed by atoms with E-state index in [-0.39, 0.29) is 12.7 Å². The van der Waals surface area contributed by atoms with E-state index in [1.165, 1.54) is 4.90 Å². The Bertz CT molecular complexity index is 622. The number of carbonyl (C=O) groups excluding carboxylic acids is 1. The molecule has 0 saturated carbocycles. The van der Waals surface area contributed by atoms with E-state index in [0.29, 0.717) is 24.0 Å². The van der Waals surface area contributed by atoms with Crippen LogP contribution < -0.4 is 14.8 Å². The molecule has 2 aliphatic rings. The van der Waals surface area contributed by atoms with Crippen LogP contribution in [0.25, 0.3) is 6.08 Å². The van der Waals surface area contributed by atoms with E-state index in [9.17, 15) is 4.79 Å². The second-order valence-electron chi connectivity index (χ2n) is 4.46. The van der Waals surface area contributed by atoms with Gasteiger partial charge in [0.15, 0.2) is 11.5 Å². The minimum Gasteiger partial charge on any atom is -0.454 e. The molecule has 6 nitrogen and oxygen atoms in total. The van der Waals surface area contributed by atoms with E-state index in [1.807, 2.05) is 25.1 Å². The lowest BCUT2D eigenvalue weighted by atomic mass is 10.1. The molecule has 0 atom stereocenters. The maximum atomic E-state index is 12.1. The van der Waals surface area contributed by atoms with E-state index >= 15 is 0 Å². The van der Waals surface area contributed by atoms with Gasteiger partial charge in [0, 0.05) is 13.6 Å². The Morgan fingerprint density at radius 1 is 1.40 bits per heavy atom. The van der Waals surface area contributed by atoms with E-state index in [0.717, 1.165) is 11.3 Å². The van der Waals surface area contributed by atoms with Crippen molar-refractivity contribution in [3.8, 4) is 11.5 Å². The molecule has 6 heteroatoms. The maximum absolute atomic E-state index is 12.1. The molecule has 1 amide bonds. The molecule has 0 spiro atoms. The molecule has 1 saturated heterocycles. The van der Waals surface area contributed by atoms with Gasteiger partial charge in [-0.25, -0.2) is 0 Å². The fourth-order valence-electron chi connectivity index (χ4n) is 2.10. The average Bonchev–Trinajstić information content (AvgIpc) is 3.00. The number of nitrogens with one attached hydrogen (secondary N) is 1. The molecule has 1 fully saturated rings. The summed E-state index contributed by atoms with van der Waals surface area (Å²) >= 11 is 0. The normalized spacial score (nSPS) is 20.9. The SMILES string of the molecule is CCN=C1N/C(=C\c2ccc3c(c2)OCO3)C(=O)N1C. The number of likely N-dealkylation sites (N-methyl/N-ethyl adjacent to an activating group) is 1. The van der Waals surface area contributed by atoms with Crippen molar-refractivity contribution in [3.05, 3.63) is 29.5 Å². The van der Waals surface area contributed by atoms with Gasteiger partial charge in [0.25, 0.3) is 5.91 Å². The highest BCUT2D eigenvalue weighted by atomic mass is 16.7. The first-order chi connectivity index (χ1) is 9.69. The van der Waals surface area contributed by atoms with Crippen LogP contribution in [0, 0.1) is 0 Å². The highest BCUT2D eigenvalue weighted by Gasteiger charge is 2.28. The van der Waals surface area contributed by atoms with Crippen LogP contribution in [-0.2, 0) is 4.79 Å². The van der Waals surface area contributed by atoms with Gasteiger partial charge in [-0.05, 0) is 30.7 Å². The van der Waals surface area contributed by atoms with Crippen LogP contribution in [0.15, 0.2) is 28.9 Å². The first kappa shape index (κ1) is 12.5. The molecule has 0 bridgehead atoms. The lowest BCUT2D eigenvalue weighted by Gasteiger charge is -2.05. The van der Waals surface area contributed by atoms with Gasteiger partial charge in [-0.2, -0.15) is 0 Å². The van der Waals surface area contributed by atoms with E-state index in [1.54, 1.807) is 13.1 Å². The molecule has 0 unspecified atom stereocenters. The number of rotatable bonds is 2. The zero-order valence-corrected chi connectivity index (χ0v) is 11.3. The van der Waals surface area contributed by atoms with Crippen molar-refractivity contribution in [2.45, 2.75) is 6.92 Å². The quantitative estimate of drug-likeness (QED) is 0.822. The molecule has 0 aliphatic carbocycles. The van der Waals surface area contributed by atoms with Gasteiger partial charge in [0.2, 0.25) is 12.8 Å². The largest absolute Gasteiger partial charge is 0.454 e. The predicted octanol–water partition coefficient (Wildman–Crippen LogP) is 1.19. The average molecular weight is 273 g/mol. The number of benzene rings is 1. The minimum absolute atomic E-state index is 0.102. The van der Waals surface area contributed by atoms with Crippen LogP contribution in [0.1, 0.15) is 12.5 Å². The monoisotopic (exact) mass is 273 g/mol. The first-order valence-electron chi connectivity index (χ1n) is 6.40. The number of nitrogens with zero attached hydrogens (tertiary/aromatic N) is 2. The Kier molecular flexibility index (Phi) is 3.06. The van der Waals surface area contributed by atoms with Crippen LogP contribution in [-0.4, -0.2) is 37.2 Å². The number of amides is 1. The summed E-state index contributed by atoms with van der Waals surface area (Å²) in [6.45, 7) is 2.78. The molecule has 0 aromatic heterocycles. The highest BCUT2D eigenvalue weighted by molar-refractivity contribution is 6.15. The number of fused-ring (bicyclic) bond motifs is 1. The van der Waals surface area contributed by atoms with Gasteiger partial charge in [-0.1, -0.05) is 6.07 Å². The number of carbonyl (C=O) groups is 1. The summed E-state index contributed by atoms with van der Waals surface area (Å²) in [5, 5.41) is 3.02. The molecule has 20 heavy (non-hydrogen) atoms. The smallest absolute Gasteiger partial charge is 0.276 e. The first-order valence-corrected chi connectivity index (χ1v) is 6.40. The standard InChI is InChI=1S/C14H15N3O3/c1-3-15-14-16-10(13(18)17(14)2)6-9-4-5-11-12(7-9)20-8-19-11/h4-7H,3,8H2,1-2H3,(H,15,16)/b10-6-. The van der Waals surface area contributed by atoms with Crippen LogP contribution >= 0.6 is 0 Å². The number of hydrogen-bond donors (Lipinski definition) is 1. The molecular weight excluding hydrogens is 258 g/mol. The minimum atomic E-state index is -0.102. The second kappa shape index (κ2) is 4.88. The van der Waals surface area contributed by atoms with Crippen molar-refractivity contribution in [1.82, 2.24) is 10.2 Å². The Morgan fingerprint density at radius 2 is 2.20 bits per heavy atom. The fraction of sp³-hybridized carbons (Fsp3) is 0.286. The Labute approximate surface area is 116 Å². The fourth-order valence-corrected chi connectivity index (χ4v) is 2.10. The summed E-state index contributed by atoms with van der Waals surface area (Å²) in [4.78, 5) is 17.8. The second-order valence-corrected chi connectivity index (χ2v) is 4.46. The third-order valence-electron chi connectivity index (χ3n) is 3.11. The third-order valence-corrected chi connectivity index (χ3v) is 3.11. The number of ether oxygens (including phenoxy) is 2. The van der Waals surface area contributed by atoms with E-state index in [4.69, 9.17) is 9.47 Å². The molecule has 1 N–H and O–H groups in total. The number of guanidine groups is 1. The molecule has 1 aromatic carbocycles. The van der Waals surface area contributed by atoms with E-state index in [2.05, 4.69) is 10.3 Å². The van der Waals surface area contributed by atoms with Crippen molar-refractivity contribution < 1.29 is 14.3 Å². The molecular formula is C14H15N3O3. The summed E-state index contributed by atoms with van der Waals surface area (Å²) in [7, 11) is 1.70. The Balaban J connectivity index is 1.89. The lowest BCUT2D eigenvalue weighted by Crippen LogP contribution is -2.28. The topological polar surface area (TPSA) is 63.2 Å². The van der Waals surface area contributed by atoms with Crippen LogP contribution in [0.5, 0.6) is 11.5 Å². The summed E-state index contributed by atoms with van der Waals surface area (Å²) < 4.78 is 10.6. The van der Waals surface area contributed by atoms with Crippen molar-refractivity contribution in [3.63, 3.8) is 0 Å². The van der Waals surface area contributed by atoms with Crippen LogP contribution in [0.2, 0.25) is 0 Å². The van der Waals surface area contributed by atoms with Crippen molar-refractivity contribution >= 4 is 17.9 Å². The summed E-state index contributed by atoms with van der Waals surface area (Å²) in [6.07, 6.45) is 1.78. The van der Waals surface area contributed by atoms with Gasteiger partial charge < -0.3 is 14.8 Å². The van der Waals surface area contributed by atoms with Crippen LogP contribution in [0.3, 0.4) is 0 Å². The third kappa shape index (κ3) is 2.09. The van der Waals surface area contributed by atoms with Gasteiger partial charge in [-0.15, -0.1) is 0 Å².